The first-order valence-corrected chi connectivity index (χ1v) is 11.8. The van der Waals surface area contributed by atoms with Crippen molar-refractivity contribution < 1.29 is 23.7 Å². The lowest BCUT2D eigenvalue weighted by atomic mass is 9.95. The molecule has 1 aliphatic rings. The Kier molecular flexibility index (Phi) is 7.07. The van der Waals surface area contributed by atoms with Gasteiger partial charge in [0.05, 0.1) is 49.8 Å². The monoisotopic (exact) mass is 494 g/mol. The van der Waals surface area contributed by atoms with Crippen LogP contribution in [0, 0.1) is 0 Å². The number of rotatable bonds is 7. The van der Waals surface area contributed by atoms with Gasteiger partial charge < -0.3 is 18.9 Å². The summed E-state index contributed by atoms with van der Waals surface area (Å²) in [6, 6.07) is 11.9. The largest absolute Gasteiger partial charge is 0.497 e. The van der Waals surface area contributed by atoms with E-state index in [1.54, 1.807) is 59.5 Å². The third kappa shape index (κ3) is 4.59. The van der Waals surface area contributed by atoms with Crippen molar-refractivity contribution in [1.29, 1.82) is 0 Å². The maximum absolute atomic E-state index is 13.7. The fraction of sp³-hybridized carbons (Fsp3) is 0.269. The van der Waals surface area contributed by atoms with E-state index >= 15 is 0 Å². The molecule has 1 aromatic heterocycles. The summed E-state index contributed by atoms with van der Waals surface area (Å²) >= 11 is 1.24. The summed E-state index contributed by atoms with van der Waals surface area (Å²) in [4.78, 5) is 31.8. The molecule has 0 radical (unpaired) electrons. The average molecular weight is 495 g/mol. The number of carbonyl (C=O) groups is 1. The normalized spacial score (nSPS) is 15.3. The molecular formula is C26H26N2O6S. The van der Waals surface area contributed by atoms with Gasteiger partial charge in [-0.05, 0) is 55.8 Å². The molecule has 0 fully saturated rings. The zero-order valence-electron chi connectivity index (χ0n) is 20.2. The minimum absolute atomic E-state index is 0.209. The van der Waals surface area contributed by atoms with Gasteiger partial charge in [0.25, 0.3) is 5.56 Å². The lowest BCUT2D eigenvalue weighted by Gasteiger charge is -2.25. The lowest BCUT2D eigenvalue weighted by molar-refractivity contribution is -0.139. The van der Waals surface area contributed by atoms with Crippen LogP contribution in [0.4, 0.5) is 0 Å². The molecule has 0 N–H and O–H groups in total. The van der Waals surface area contributed by atoms with Crippen LogP contribution < -0.4 is 29.1 Å². The second-order valence-corrected chi connectivity index (χ2v) is 8.70. The topological polar surface area (TPSA) is 88.4 Å². The molecule has 4 rings (SSSR count). The van der Waals surface area contributed by atoms with Gasteiger partial charge in [-0.25, -0.2) is 9.79 Å². The number of ether oxygens (including phenoxy) is 4. The van der Waals surface area contributed by atoms with Crippen LogP contribution in [0.1, 0.15) is 31.0 Å². The number of carbonyl (C=O) groups excluding carboxylic acids is 1. The Bertz CT molecular complexity index is 1480. The molecule has 0 saturated carbocycles. The van der Waals surface area contributed by atoms with Crippen molar-refractivity contribution in [2.45, 2.75) is 19.9 Å². The highest BCUT2D eigenvalue weighted by Gasteiger charge is 2.33. The summed E-state index contributed by atoms with van der Waals surface area (Å²) in [6.07, 6.45) is 1.75. The van der Waals surface area contributed by atoms with Crippen LogP contribution in [0.2, 0.25) is 0 Å². The van der Waals surface area contributed by atoms with E-state index in [0.29, 0.717) is 49.0 Å². The molecule has 0 bridgehead atoms. The van der Waals surface area contributed by atoms with Gasteiger partial charge in [0.1, 0.15) is 17.2 Å². The third-order valence-electron chi connectivity index (χ3n) is 5.65. The van der Waals surface area contributed by atoms with Gasteiger partial charge in [-0.3, -0.25) is 9.36 Å². The molecule has 1 unspecified atom stereocenters. The van der Waals surface area contributed by atoms with Crippen LogP contribution in [0.25, 0.3) is 6.08 Å². The number of hydrogen-bond acceptors (Lipinski definition) is 8. The zero-order chi connectivity index (χ0) is 25.1. The van der Waals surface area contributed by atoms with Crippen LogP contribution in [0.15, 0.2) is 63.5 Å². The van der Waals surface area contributed by atoms with Gasteiger partial charge in [-0.1, -0.05) is 23.5 Å². The molecule has 9 heteroatoms. The Labute approximate surface area is 206 Å². The Morgan fingerprint density at radius 3 is 2.51 bits per heavy atom. The van der Waals surface area contributed by atoms with Gasteiger partial charge in [0.15, 0.2) is 4.80 Å². The Morgan fingerprint density at radius 1 is 1.09 bits per heavy atom. The average Bonchev–Trinajstić information content (AvgIpc) is 3.17. The molecule has 1 aliphatic heterocycles. The van der Waals surface area contributed by atoms with Crippen LogP contribution in [-0.4, -0.2) is 38.5 Å². The van der Waals surface area contributed by atoms with E-state index in [1.807, 2.05) is 24.3 Å². The molecule has 2 heterocycles. The number of benzene rings is 2. The van der Waals surface area contributed by atoms with Gasteiger partial charge in [-0.2, -0.15) is 0 Å². The predicted molar refractivity (Wildman–Crippen MR) is 133 cm³/mol. The highest BCUT2D eigenvalue weighted by molar-refractivity contribution is 7.07. The van der Waals surface area contributed by atoms with Crippen molar-refractivity contribution >= 4 is 23.4 Å². The maximum atomic E-state index is 13.7. The second kappa shape index (κ2) is 10.2. The van der Waals surface area contributed by atoms with Crippen LogP contribution >= 0.6 is 11.3 Å². The second-order valence-electron chi connectivity index (χ2n) is 7.69. The first kappa shape index (κ1) is 24.3. The van der Waals surface area contributed by atoms with E-state index in [0.717, 1.165) is 0 Å². The van der Waals surface area contributed by atoms with Crippen molar-refractivity contribution in [2.75, 3.05) is 27.9 Å². The third-order valence-corrected chi connectivity index (χ3v) is 6.63. The molecule has 8 nitrogen and oxygen atoms in total. The first-order chi connectivity index (χ1) is 16.9. The molecule has 1 atom stereocenters. The van der Waals surface area contributed by atoms with Gasteiger partial charge in [0, 0.05) is 5.56 Å². The van der Waals surface area contributed by atoms with E-state index in [4.69, 9.17) is 18.9 Å². The van der Waals surface area contributed by atoms with Gasteiger partial charge in [0.2, 0.25) is 0 Å². The molecule has 3 aromatic rings. The fourth-order valence-corrected chi connectivity index (χ4v) is 5.05. The van der Waals surface area contributed by atoms with Crippen molar-refractivity contribution in [3.8, 4) is 17.2 Å². The zero-order valence-corrected chi connectivity index (χ0v) is 21.0. The van der Waals surface area contributed by atoms with E-state index in [9.17, 15) is 9.59 Å². The number of esters is 1. The van der Waals surface area contributed by atoms with Crippen molar-refractivity contribution in [3.63, 3.8) is 0 Å². The standard InChI is InChI=1S/C26H26N2O6S/c1-6-34-25(30)22-15(2)27-26-28(23(22)16-8-7-9-18(12-16)31-3)24(29)21(35-26)14-17-13-19(32-4)10-11-20(17)33-5/h7-14,23H,6H2,1-5H3/b21-14-. The first-order valence-electron chi connectivity index (χ1n) is 11.0. The number of thiazole rings is 1. The molecule has 2 aromatic carbocycles. The number of aromatic nitrogens is 1. The van der Waals surface area contributed by atoms with Crippen molar-refractivity contribution in [1.82, 2.24) is 4.57 Å². The van der Waals surface area contributed by atoms with Crippen LogP contribution in [0.5, 0.6) is 17.2 Å². The minimum Gasteiger partial charge on any atom is -0.497 e. The molecule has 0 aliphatic carbocycles. The lowest BCUT2D eigenvalue weighted by Crippen LogP contribution is -2.39. The number of fused-ring (bicyclic) bond motifs is 1. The summed E-state index contributed by atoms with van der Waals surface area (Å²) in [5, 5.41) is 0. The molecule has 0 saturated heterocycles. The van der Waals surface area contributed by atoms with Gasteiger partial charge in [-0.15, -0.1) is 0 Å². The highest BCUT2D eigenvalue weighted by atomic mass is 32.1. The van der Waals surface area contributed by atoms with E-state index in [2.05, 4.69) is 4.99 Å². The van der Waals surface area contributed by atoms with E-state index in [1.165, 1.54) is 15.9 Å². The summed E-state index contributed by atoms with van der Waals surface area (Å²) < 4.78 is 23.5. The summed E-state index contributed by atoms with van der Waals surface area (Å²) in [5.74, 6) is 1.35. The molecule has 35 heavy (non-hydrogen) atoms. The minimum atomic E-state index is -0.713. The summed E-state index contributed by atoms with van der Waals surface area (Å²) in [7, 11) is 4.71. The number of allylic oxidation sites excluding steroid dienone is 1. The Hall–Kier alpha value is -3.85. The number of nitrogens with zero attached hydrogens (tertiary/aromatic N) is 2. The van der Waals surface area contributed by atoms with E-state index < -0.39 is 12.0 Å². The Balaban J connectivity index is 1.98. The van der Waals surface area contributed by atoms with Crippen LogP contribution in [-0.2, 0) is 9.53 Å². The highest BCUT2D eigenvalue weighted by Crippen LogP contribution is 2.32. The molecule has 0 amide bonds. The van der Waals surface area contributed by atoms with Gasteiger partial charge >= 0.3 is 5.97 Å². The fourth-order valence-electron chi connectivity index (χ4n) is 4.01. The van der Waals surface area contributed by atoms with Crippen molar-refractivity contribution in [2.24, 2.45) is 4.99 Å². The summed E-state index contributed by atoms with van der Waals surface area (Å²) in [6.45, 7) is 3.70. The van der Waals surface area contributed by atoms with Crippen LogP contribution in [0.3, 0.4) is 0 Å². The maximum Gasteiger partial charge on any atom is 0.338 e. The molecule has 0 spiro atoms. The predicted octanol–water partition coefficient (Wildman–Crippen LogP) is 2.82. The number of hydrogen-bond donors (Lipinski definition) is 0. The van der Waals surface area contributed by atoms with E-state index in [-0.39, 0.29) is 12.2 Å². The van der Waals surface area contributed by atoms with Crippen molar-refractivity contribution in [3.05, 3.63) is 84.5 Å². The smallest absolute Gasteiger partial charge is 0.338 e. The quantitative estimate of drug-likeness (QED) is 0.470. The molecule has 182 valence electrons. The Morgan fingerprint density at radius 2 is 1.83 bits per heavy atom. The number of methoxy groups -OCH3 is 3. The SMILES string of the molecule is CCOC(=O)C1=C(C)N=c2s/c(=C\c3cc(OC)ccc3OC)c(=O)n2C1c1cccc(OC)c1. The summed E-state index contributed by atoms with van der Waals surface area (Å²) in [5.41, 5.74) is 1.95. The molecular weight excluding hydrogens is 468 g/mol.